The van der Waals surface area contributed by atoms with Crippen LogP contribution in [0.25, 0.3) is 10.9 Å². The molecule has 1 saturated heterocycles. The summed E-state index contributed by atoms with van der Waals surface area (Å²) in [4.78, 5) is 16.2. The number of nitrogens with one attached hydrogen (secondary N) is 1. The van der Waals surface area contributed by atoms with E-state index in [4.69, 9.17) is 0 Å². The fraction of sp³-hybridized carbons (Fsp3) is 0.375. The van der Waals surface area contributed by atoms with E-state index in [2.05, 4.69) is 10.3 Å². The number of pyridine rings is 1. The molecular formula is C16H19N3O3S. The van der Waals surface area contributed by atoms with Crippen molar-refractivity contribution >= 4 is 26.8 Å². The third-order valence-corrected chi connectivity index (χ3v) is 5.97. The predicted molar refractivity (Wildman–Crippen MR) is 88.2 cm³/mol. The molecular weight excluding hydrogens is 314 g/mol. The van der Waals surface area contributed by atoms with Crippen molar-refractivity contribution in [2.75, 3.05) is 13.1 Å². The first kappa shape index (κ1) is 15.9. The van der Waals surface area contributed by atoms with E-state index >= 15 is 0 Å². The molecule has 23 heavy (non-hydrogen) atoms. The van der Waals surface area contributed by atoms with Gasteiger partial charge < -0.3 is 5.32 Å². The molecule has 0 aliphatic carbocycles. The van der Waals surface area contributed by atoms with Crippen molar-refractivity contribution in [2.45, 2.75) is 25.1 Å². The molecule has 1 unspecified atom stereocenters. The Bertz CT molecular complexity index is 830. The number of carbonyl (C=O) groups is 1. The summed E-state index contributed by atoms with van der Waals surface area (Å²) in [7, 11) is -3.60. The second-order valence-electron chi connectivity index (χ2n) is 5.68. The van der Waals surface area contributed by atoms with Gasteiger partial charge in [-0.1, -0.05) is 24.3 Å². The highest BCUT2D eigenvalue weighted by molar-refractivity contribution is 7.88. The SMILES string of the molecule is CC1C(=O)NCCCN1S(=O)(=O)Cc1cccc2cccnc12. The number of rotatable bonds is 3. The highest BCUT2D eigenvalue weighted by Crippen LogP contribution is 2.21. The zero-order valence-electron chi connectivity index (χ0n) is 12.9. The Kier molecular flexibility index (Phi) is 4.32. The highest BCUT2D eigenvalue weighted by Gasteiger charge is 2.33. The van der Waals surface area contributed by atoms with Gasteiger partial charge in [0, 0.05) is 24.7 Å². The van der Waals surface area contributed by atoms with Gasteiger partial charge in [0.05, 0.1) is 11.3 Å². The number of hydrogen-bond donors (Lipinski definition) is 1. The van der Waals surface area contributed by atoms with Gasteiger partial charge in [0.2, 0.25) is 15.9 Å². The monoisotopic (exact) mass is 333 g/mol. The van der Waals surface area contributed by atoms with E-state index in [1.165, 1.54) is 4.31 Å². The number of sulfonamides is 1. The van der Waals surface area contributed by atoms with Crippen molar-refractivity contribution in [3.8, 4) is 0 Å². The van der Waals surface area contributed by atoms with Crippen molar-refractivity contribution in [3.63, 3.8) is 0 Å². The summed E-state index contributed by atoms with van der Waals surface area (Å²) in [6.45, 7) is 2.48. The summed E-state index contributed by atoms with van der Waals surface area (Å²) in [5.41, 5.74) is 1.34. The van der Waals surface area contributed by atoms with Crippen LogP contribution in [0.3, 0.4) is 0 Å². The number of hydrogen-bond acceptors (Lipinski definition) is 4. The Labute approximate surface area is 135 Å². The minimum atomic E-state index is -3.60. The topological polar surface area (TPSA) is 79.4 Å². The van der Waals surface area contributed by atoms with Crippen molar-refractivity contribution in [2.24, 2.45) is 0 Å². The van der Waals surface area contributed by atoms with Gasteiger partial charge in [0.1, 0.15) is 6.04 Å². The molecule has 1 fully saturated rings. The third-order valence-electron chi connectivity index (χ3n) is 4.08. The Morgan fingerprint density at radius 2 is 2.09 bits per heavy atom. The molecule has 1 atom stereocenters. The molecule has 7 heteroatoms. The quantitative estimate of drug-likeness (QED) is 0.917. The van der Waals surface area contributed by atoms with Crippen LogP contribution in [0, 0.1) is 0 Å². The molecule has 1 aliphatic rings. The fourth-order valence-corrected chi connectivity index (χ4v) is 4.64. The van der Waals surface area contributed by atoms with Gasteiger partial charge in [-0.15, -0.1) is 0 Å². The van der Waals surface area contributed by atoms with Crippen LogP contribution in [0.4, 0.5) is 0 Å². The number of carbonyl (C=O) groups excluding carboxylic acids is 1. The molecule has 122 valence electrons. The number of fused-ring (bicyclic) bond motifs is 1. The minimum absolute atomic E-state index is 0.154. The van der Waals surface area contributed by atoms with Crippen LogP contribution in [0.1, 0.15) is 18.9 Å². The van der Waals surface area contributed by atoms with Gasteiger partial charge in [0.15, 0.2) is 0 Å². The molecule has 2 heterocycles. The molecule has 1 amide bonds. The lowest BCUT2D eigenvalue weighted by molar-refractivity contribution is -0.123. The van der Waals surface area contributed by atoms with Crippen molar-refractivity contribution in [1.29, 1.82) is 0 Å². The number of para-hydroxylation sites is 1. The molecule has 1 aliphatic heterocycles. The summed E-state index contributed by atoms with van der Waals surface area (Å²) >= 11 is 0. The first-order chi connectivity index (χ1) is 11.0. The lowest BCUT2D eigenvalue weighted by Crippen LogP contribution is -2.45. The summed E-state index contributed by atoms with van der Waals surface area (Å²) in [6.07, 6.45) is 2.27. The molecule has 0 radical (unpaired) electrons. The van der Waals surface area contributed by atoms with Gasteiger partial charge in [-0.25, -0.2) is 8.42 Å². The van der Waals surface area contributed by atoms with Crippen LogP contribution in [0.15, 0.2) is 36.5 Å². The van der Waals surface area contributed by atoms with E-state index in [0.717, 1.165) is 5.39 Å². The maximum Gasteiger partial charge on any atom is 0.238 e. The molecule has 1 N–H and O–H groups in total. The molecule has 3 rings (SSSR count). The van der Waals surface area contributed by atoms with Crippen LogP contribution in [-0.4, -0.2) is 42.7 Å². The molecule has 1 aromatic carbocycles. The van der Waals surface area contributed by atoms with Gasteiger partial charge in [-0.3, -0.25) is 9.78 Å². The van der Waals surface area contributed by atoms with E-state index in [-0.39, 0.29) is 11.7 Å². The predicted octanol–water partition coefficient (Wildman–Crippen LogP) is 1.27. The highest BCUT2D eigenvalue weighted by atomic mass is 32.2. The zero-order valence-corrected chi connectivity index (χ0v) is 13.7. The van der Waals surface area contributed by atoms with Crippen molar-refractivity contribution in [1.82, 2.24) is 14.6 Å². The number of nitrogens with zero attached hydrogens (tertiary/aromatic N) is 2. The maximum absolute atomic E-state index is 12.8. The molecule has 0 saturated carbocycles. The molecule has 0 bridgehead atoms. The van der Waals surface area contributed by atoms with E-state index in [1.54, 1.807) is 19.2 Å². The van der Waals surface area contributed by atoms with E-state index in [9.17, 15) is 13.2 Å². The normalized spacial score (nSPS) is 20.2. The Balaban J connectivity index is 1.95. The first-order valence-corrected chi connectivity index (χ1v) is 9.20. The molecule has 6 nitrogen and oxygen atoms in total. The van der Waals surface area contributed by atoms with Crippen LogP contribution in [-0.2, 0) is 20.6 Å². The van der Waals surface area contributed by atoms with Crippen molar-refractivity contribution < 1.29 is 13.2 Å². The van der Waals surface area contributed by atoms with E-state index < -0.39 is 16.1 Å². The minimum Gasteiger partial charge on any atom is -0.355 e. The Hall–Kier alpha value is -1.99. The van der Waals surface area contributed by atoms with Gasteiger partial charge >= 0.3 is 0 Å². The van der Waals surface area contributed by atoms with Crippen LogP contribution >= 0.6 is 0 Å². The number of benzene rings is 1. The van der Waals surface area contributed by atoms with Gasteiger partial charge in [-0.05, 0) is 25.0 Å². The standard InChI is InChI=1S/C16H19N3O3S/c1-12-16(20)18-9-4-10-19(12)23(21,22)11-14-6-2-5-13-7-3-8-17-15(13)14/h2-3,5-8,12H,4,9-11H2,1H3,(H,18,20). The van der Waals surface area contributed by atoms with Crippen molar-refractivity contribution in [3.05, 3.63) is 42.1 Å². The zero-order chi connectivity index (χ0) is 16.4. The Morgan fingerprint density at radius 3 is 2.91 bits per heavy atom. The van der Waals surface area contributed by atoms with Crippen LogP contribution in [0.2, 0.25) is 0 Å². The average molecular weight is 333 g/mol. The van der Waals surface area contributed by atoms with Gasteiger partial charge in [-0.2, -0.15) is 4.31 Å². The molecule has 2 aromatic rings. The second-order valence-corrected chi connectivity index (χ2v) is 7.60. The summed E-state index contributed by atoms with van der Waals surface area (Å²) in [5.74, 6) is -0.402. The molecule has 1 aromatic heterocycles. The van der Waals surface area contributed by atoms with Crippen LogP contribution in [0.5, 0.6) is 0 Å². The fourth-order valence-electron chi connectivity index (χ4n) is 2.86. The first-order valence-electron chi connectivity index (χ1n) is 7.59. The Morgan fingerprint density at radius 1 is 1.30 bits per heavy atom. The smallest absolute Gasteiger partial charge is 0.238 e. The number of amides is 1. The van der Waals surface area contributed by atoms with Gasteiger partial charge in [0.25, 0.3) is 0 Å². The maximum atomic E-state index is 12.8. The van der Waals surface area contributed by atoms with Crippen LogP contribution < -0.4 is 5.32 Å². The second kappa shape index (κ2) is 6.25. The lowest BCUT2D eigenvalue weighted by atomic mass is 10.1. The summed E-state index contributed by atoms with van der Waals surface area (Å²) < 4.78 is 27.0. The van der Waals surface area contributed by atoms with E-state index in [1.807, 2.05) is 24.3 Å². The van der Waals surface area contributed by atoms with E-state index in [0.29, 0.717) is 30.6 Å². The lowest BCUT2D eigenvalue weighted by Gasteiger charge is -2.24. The third kappa shape index (κ3) is 3.20. The summed E-state index contributed by atoms with van der Waals surface area (Å²) in [5, 5.41) is 3.64. The average Bonchev–Trinajstić information content (AvgIpc) is 2.70. The summed E-state index contributed by atoms with van der Waals surface area (Å²) in [6, 6.07) is 8.54. The largest absolute Gasteiger partial charge is 0.355 e. The number of aromatic nitrogens is 1. The molecule has 0 spiro atoms.